The highest BCUT2D eigenvalue weighted by Crippen LogP contribution is 2.28. The molecule has 0 aliphatic carbocycles. The highest BCUT2D eigenvalue weighted by Gasteiger charge is 2.29. The Balaban J connectivity index is 1.51. The molecule has 1 fully saturated rings. The van der Waals surface area contributed by atoms with Crippen molar-refractivity contribution < 1.29 is 4.79 Å². The second-order valence-electron chi connectivity index (χ2n) is 7.22. The van der Waals surface area contributed by atoms with Gasteiger partial charge in [0.15, 0.2) is 0 Å². The van der Waals surface area contributed by atoms with E-state index in [4.69, 9.17) is 5.26 Å². The summed E-state index contributed by atoms with van der Waals surface area (Å²) in [4.78, 5) is 14.8. The van der Waals surface area contributed by atoms with Crippen molar-refractivity contribution in [3.05, 3.63) is 47.0 Å². The summed E-state index contributed by atoms with van der Waals surface area (Å²) in [6, 6.07) is 8.98. The second kappa shape index (κ2) is 7.28. The van der Waals surface area contributed by atoms with E-state index in [1.807, 2.05) is 4.90 Å². The summed E-state index contributed by atoms with van der Waals surface area (Å²) in [6.45, 7) is 2.46. The number of hydrogen-bond acceptors (Lipinski definition) is 4. The number of likely N-dealkylation sites (tertiary alicyclic amines) is 1. The Kier molecular flexibility index (Phi) is 4.70. The Morgan fingerprint density at radius 1 is 1.08 bits per heavy atom. The van der Waals surface area contributed by atoms with E-state index in [2.05, 4.69) is 20.8 Å². The van der Waals surface area contributed by atoms with Gasteiger partial charge in [-0.05, 0) is 49.9 Å². The number of fused-ring (bicyclic) bond motifs is 1. The number of carbonyl (C=O) groups excluding carboxylic acids is 1. The predicted octanol–water partition coefficient (Wildman–Crippen LogP) is 2.90. The number of aryl methyl sites for hydroxylation is 1. The third-order valence-electron chi connectivity index (χ3n) is 5.47. The fourth-order valence-electron chi connectivity index (χ4n) is 4.05. The molecule has 0 saturated carbocycles. The van der Waals surface area contributed by atoms with Crippen molar-refractivity contribution in [3.63, 3.8) is 0 Å². The highest BCUT2D eigenvalue weighted by atomic mass is 16.2. The van der Waals surface area contributed by atoms with Gasteiger partial charge in [0.05, 0.1) is 11.6 Å². The largest absolute Gasteiger partial charge is 0.338 e. The van der Waals surface area contributed by atoms with Gasteiger partial charge in [-0.25, -0.2) is 0 Å². The summed E-state index contributed by atoms with van der Waals surface area (Å²) >= 11 is 0. The van der Waals surface area contributed by atoms with Crippen LogP contribution in [0.3, 0.4) is 0 Å². The molecule has 3 heterocycles. The smallest absolute Gasteiger partial charge is 0.253 e. The minimum absolute atomic E-state index is 0.0368. The normalized spacial score (nSPS) is 20.1. The third-order valence-corrected chi connectivity index (χ3v) is 5.47. The van der Waals surface area contributed by atoms with E-state index in [9.17, 15) is 4.79 Å². The molecule has 1 aromatic carbocycles. The Labute approximate surface area is 153 Å². The number of piperidine rings is 1. The lowest BCUT2D eigenvalue weighted by molar-refractivity contribution is 0.0703. The molecule has 2 aliphatic rings. The number of hydrogen-bond donors (Lipinski definition) is 0. The molecule has 1 atom stereocenters. The zero-order valence-electron chi connectivity index (χ0n) is 14.9. The van der Waals surface area contributed by atoms with Crippen LogP contribution in [-0.2, 0) is 13.0 Å². The van der Waals surface area contributed by atoms with E-state index in [-0.39, 0.29) is 11.8 Å². The second-order valence-corrected chi connectivity index (χ2v) is 7.22. The summed E-state index contributed by atoms with van der Waals surface area (Å²) in [5, 5.41) is 17.8. The van der Waals surface area contributed by atoms with Crippen LogP contribution in [0.4, 0.5) is 0 Å². The first-order valence-corrected chi connectivity index (χ1v) is 9.47. The van der Waals surface area contributed by atoms with Crippen LogP contribution in [0.25, 0.3) is 0 Å². The molecule has 0 radical (unpaired) electrons. The number of aromatic nitrogens is 3. The van der Waals surface area contributed by atoms with Crippen molar-refractivity contribution in [2.75, 3.05) is 13.1 Å². The minimum Gasteiger partial charge on any atom is -0.338 e. The summed E-state index contributed by atoms with van der Waals surface area (Å²) in [7, 11) is 0. The SMILES string of the molecule is N#Cc1ccc(C(=O)N2CCC[C@H](c3nnc4n3CCCCC4)C2)cc1. The molecular formula is C20H23N5O. The lowest BCUT2D eigenvalue weighted by Gasteiger charge is -2.32. The maximum Gasteiger partial charge on any atom is 0.253 e. The molecule has 1 aromatic heterocycles. The van der Waals surface area contributed by atoms with E-state index < -0.39 is 0 Å². The predicted molar refractivity (Wildman–Crippen MR) is 96.6 cm³/mol. The van der Waals surface area contributed by atoms with Crippen molar-refractivity contribution in [2.24, 2.45) is 0 Å². The molecule has 0 bridgehead atoms. The average molecular weight is 349 g/mol. The molecule has 134 valence electrons. The van der Waals surface area contributed by atoms with E-state index >= 15 is 0 Å². The molecule has 1 saturated heterocycles. The summed E-state index contributed by atoms with van der Waals surface area (Å²) < 4.78 is 2.30. The molecule has 0 unspecified atom stereocenters. The molecule has 6 heteroatoms. The maximum atomic E-state index is 12.9. The van der Waals surface area contributed by atoms with Gasteiger partial charge in [0, 0.05) is 37.5 Å². The van der Waals surface area contributed by atoms with Crippen LogP contribution in [-0.4, -0.2) is 38.7 Å². The number of nitriles is 1. The number of rotatable bonds is 2. The lowest BCUT2D eigenvalue weighted by atomic mass is 9.96. The van der Waals surface area contributed by atoms with E-state index in [0.717, 1.165) is 44.0 Å². The molecule has 1 amide bonds. The molecule has 2 aromatic rings. The number of carbonyl (C=O) groups is 1. The fourth-order valence-corrected chi connectivity index (χ4v) is 4.05. The molecule has 2 aliphatic heterocycles. The van der Waals surface area contributed by atoms with E-state index in [1.54, 1.807) is 24.3 Å². The number of benzene rings is 1. The van der Waals surface area contributed by atoms with Crippen LogP contribution in [0.5, 0.6) is 0 Å². The first-order valence-electron chi connectivity index (χ1n) is 9.47. The topological polar surface area (TPSA) is 74.8 Å². The monoisotopic (exact) mass is 349 g/mol. The van der Waals surface area contributed by atoms with Crippen LogP contribution >= 0.6 is 0 Å². The van der Waals surface area contributed by atoms with Crippen molar-refractivity contribution in [1.82, 2.24) is 19.7 Å². The molecule has 6 nitrogen and oxygen atoms in total. The standard InChI is InChI=1S/C20H23N5O/c21-13-15-7-9-16(10-8-15)20(26)24-11-4-5-17(14-24)19-23-22-18-6-2-1-3-12-25(18)19/h7-10,17H,1-6,11-12,14H2/t17-/m0/s1. The van der Waals surface area contributed by atoms with Crippen LogP contribution in [0.1, 0.15) is 65.6 Å². The Hall–Kier alpha value is -2.68. The van der Waals surface area contributed by atoms with Gasteiger partial charge in [0.1, 0.15) is 11.6 Å². The van der Waals surface area contributed by atoms with Gasteiger partial charge in [-0.3, -0.25) is 4.79 Å². The fraction of sp³-hybridized carbons (Fsp3) is 0.500. The van der Waals surface area contributed by atoms with Crippen LogP contribution in [0.15, 0.2) is 24.3 Å². The van der Waals surface area contributed by atoms with Crippen LogP contribution in [0.2, 0.25) is 0 Å². The van der Waals surface area contributed by atoms with Gasteiger partial charge in [0.2, 0.25) is 0 Å². The lowest BCUT2D eigenvalue weighted by Crippen LogP contribution is -2.39. The van der Waals surface area contributed by atoms with E-state index in [1.165, 1.54) is 19.3 Å². The first kappa shape index (κ1) is 16.8. The van der Waals surface area contributed by atoms with Crippen LogP contribution < -0.4 is 0 Å². The van der Waals surface area contributed by atoms with Gasteiger partial charge in [-0.15, -0.1) is 10.2 Å². The van der Waals surface area contributed by atoms with Gasteiger partial charge >= 0.3 is 0 Å². The van der Waals surface area contributed by atoms with Crippen molar-refractivity contribution in [2.45, 2.75) is 51.0 Å². The van der Waals surface area contributed by atoms with Gasteiger partial charge in [0.25, 0.3) is 5.91 Å². The minimum atomic E-state index is 0.0368. The van der Waals surface area contributed by atoms with Crippen molar-refractivity contribution in [1.29, 1.82) is 5.26 Å². The van der Waals surface area contributed by atoms with E-state index in [0.29, 0.717) is 17.7 Å². The van der Waals surface area contributed by atoms with Gasteiger partial charge < -0.3 is 9.47 Å². The molecule has 0 N–H and O–H groups in total. The Morgan fingerprint density at radius 3 is 2.73 bits per heavy atom. The summed E-state index contributed by atoms with van der Waals surface area (Å²) in [5.74, 6) is 2.45. The van der Waals surface area contributed by atoms with Crippen molar-refractivity contribution in [3.8, 4) is 6.07 Å². The quantitative estimate of drug-likeness (QED) is 0.835. The average Bonchev–Trinajstić information content (AvgIpc) is 2.96. The molecule has 0 spiro atoms. The summed E-state index contributed by atoms with van der Waals surface area (Å²) in [6.07, 6.45) is 6.65. The maximum absolute atomic E-state index is 12.9. The number of amides is 1. The highest BCUT2D eigenvalue weighted by molar-refractivity contribution is 5.94. The molecular weight excluding hydrogens is 326 g/mol. The molecule has 26 heavy (non-hydrogen) atoms. The van der Waals surface area contributed by atoms with Gasteiger partial charge in [-0.2, -0.15) is 5.26 Å². The van der Waals surface area contributed by atoms with Crippen LogP contribution in [0, 0.1) is 11.3 Å². The van der Waals surface area contributed by atoms with Crippen molar-refractivity contribution >= 4 is 5.91 Å². The first-order chi connectivity index (χ1) is 12.8. The summed E-state index contributed by atoms with van der Waals surface area (Å²) in [5.41, 5.74) is 1.22. The number of nitrogens with zero attached hydrogens (tertiary/aromatic N) is 5. The third kappa shape index (κ3) is 3.22. The van der Waals surface area contributed by atoms with Gasteiger partial charge in [-0.1, -0.05) is 6.42 Å². The zero-order valence-corrected chi connectivity index (χ0v) is 14.9. The molecule has 4 rings (SSSR count). The zero-order chi connectivity index (χ0) is 17.9. The Morgan fingerprint density at radius 2 is 1.92 bits per heavy atom. The Bertz CT molecular complexity index is 833.